The van der Waals surface area contributed by atoms with Crippen molar-refractivity contribution in [2.45, 2.75) is 105 Å². The third-order valence-electron chi connectivity index (χ3n) is 10.9. The summed E-state index contributed by atoms with van der Waals surface area (Å²) < 4.78 is 122. The van der Waals surface area contributed by atoms with Gasteiger partial charge in [-0.05, 0) is 63.5 Å². The second-order valence-electron chi connectivity index (χ2n) is 17.6. The monoisotopic (exact) mass is 1020 g/mol. The Morgan fingerprint density at radius 1 is 0.557 bits per heavy atom. The molecule has 2 aliphatic carbocycles. The molecule has 2 heterocycles. The third-order valence-corrected chi connectivity index (χ3v) is 12.0. The number of halogens is 6. The molecule has 0 N–H and O–H groups in total. The molecule has 12 nitrogen and oxygen atoms in total. The zero-order chi connectivity index (χ0) is 53.5. The van der Waals surface area contributed by atoms with Crippen LogP contribution in [0.2, 0.25) is 0 Å². The Morgan fingerprint density at radius 3 is 1.09 bits per heavy atom. The van der Waals surface area contributed by atoms with Crippen LogP contribution in [0.3, 0.4) is 0 Å². The summed E-state index contributed by atoms with van der Waals surface area (Å²) in [7, 11) is -12.2. The SMILES string of the molecule is CC1=C(/C=C/C(C)=C/C=C/C(C)=C/C=C/C=C(C)/C=C/C=C(C)/C=C/C2=C(C)C(=O)C([n+]3ccncc3)CC2(C)C)C(C)(C)CC([n+]2ccncc2)C1=O.O=S(=O)([O-])C(F)(F)F.O=S(=O)([O-])C(F)(F)F. The van der Waals surface area contributed by atoms with Gasteiger partial charge in [0.15, 0.2) is 45.0 Å². The highest BCUT2D eigenvalue weighted by Gasteiger charge is 2.44. The van der Waals surface area contributed by atoms with E-state index in [4.69, 9.17) is 25.9 Å². The van der Waals surface area contributed by atoms with Crippen LogP contribution in [0.15, 0.2) is 179 Å². The minimum Gasteiger partial charge on any atom is -0.741 e. The average molecular weight is 1020 g/mol. The van der Waals surface area contributed by atoms with E-state index in [1.807, 2.05) is 59.9 Å². The van der Waals surface area contributed by atoms with Crippen molar-refractivity contribution in [3.05, 3.63) is 179 Å². The van der Waals surface area contributed by atoms with E-state index < -0.39 is 31.3 Å². The minimum absolute atomic E-state index is 0.133. The number of aromatic nitrogens is 4. The van der Waals surface area contributed by atoms with Crippen LogP contribution in [0.1, 0.15) is 94.2 Å². The van der Waals surface area contributed by atoms with E-state index in [0.29, 0.717) is 0 Å². The average Bonchev–Trinajstić information content (AvgIpc) is 3.24. The van der Waals surface area contributed by atoms with Crippen LogP contribution in [0.4, 0.5) is 26.3 Å². The third kappa shape index (κ3) is 18.7. The first-order chi connectivity index (χ1) is 32.1. The van der Waals surface area contributed by atoms with Crippen LogP contribution < -0.4 is 9.13 Å². The number of hydrogen-bond acceptors (Lipinski definition) is 10. The van der Waals surface area contributed by atoms with Gasteiger partial charge in [-0.2, -0.15) is 35.5 Å². The van der Waals surface area contributed by atoms with Crippen molar-refractivity contribution in [3.63, 3.8) is 0 Å². The molecule has 0 aromatic carbocycles. The second kappa shape index (κ2) is 25.2. The van der Waals surface area contributed by atoms with Crippen molar-refractivity contribution in [1.29, 1.82) is 0 Å². The maximum atomic E-state index is 13.3. The summed E-state index contributed by atoms with van der Waals surface area (Å²) in [6.07, 6.45) is 45.1. The highest BCUT2D eigenvalue weighted by Crippen LogP contribution is 2.43. The summed E-state index contributed by atoms with van der Waals surface area (Å²) in [5.41, 5.74) is -3.20. The zero-order valence-corrected chi connectivity index (χ0v) is 42.0. The van der Waals surface area contributed by atoms with Gasteiger partial charge in [0.1, 0.15) is 0 Å². The molecule has 0 radical (unpaired) electrons. The fourth-order valence-corrected chi connectivity index (χ4v) is 7.18. The van der Waals surface area contributed by atoms with Crippen molar-refractivity contribution in [3.8, 4) is 0 Å². The van der Waals surface area contributed by atoms with Crippen molar-refractivity contribution < 1.29 is 71.0 Å². The van der Waals surface area contributed by atoms with E-state index in [1.54, 1.807) is 24.8 Å². The first-order valence-electron chi connectivity index (χ1n) is 21.4. The summed E-state index contributed by atoms with van der Waals surface area (Å²) in [4.78, 5) is 34.7. The van der Waals surface area contributed by atoms with E-state index in [0.717, 1.165) is 57.4 Å². The second-order valence-corrected chi connectivity index (χ2v) is 20.4. The van der Waals surface area contributed by atoms with Gasteiger partial charge < -0.3 is 9.11 Å². The number of allylic oxidation sites excluding steroid dienone is 22. The predicted molar refractivity (Wildman–Crippen MR) is 251 cm³/mol. The number of rotatable bonds is 12. The summed E-state index contributed by atoms with van der Waals surface area (Å²) in [6.45, 7) is 21.1. The van der Waals surface area contributed by atoms with Crippen LogP contribution in [0, 0.1) is 10.8 Å². The van der Waals surface area contributed by atoms with E-state index >= 15 is 0 Å². The molecule has 2 aromatic rings. The molecule has 2 aliphatic rings. The van der Waals surface area contributed by atoms with Crippen molar-refractivity contribution in [1.82, 2.24) is 9.97 Å². The number of alkyl halides is 6. The fraction of sp³-hybridized carbons (Fsp3) is 0.360. The van der Waals surface area contributed by atoms with Gasteiger partial charge >= 0.3 is 11.0 Å². The molecule has 0 aliphatic heterocycles. The van der Waals surface area contributed by atoms with Crippen LogP contribution in [0.25, 0.3) is 0 Å². The Balaban J connectivity index is 0.000000897. The summed E-state index contributed by atoms with van der Waals surface area (Å²) >= 11 is 0. The van der Waals surface area contributed by atoms with Gasteiger partial charge in [0.25, 0.3) is 0 Å². The van der Waals surface area contributed by atoms with Gasteiger partial charge in [-0.15, -0.1) is 0 Å². The molecular formula is C50H58F6N4O8S2. The lowest BCUT2D eigenvalue weighted by atomic mass is 9.70. The van der Waals surface area contributed by atoms with E-state index in [9.17, 15) is 35.9 Å². The van der Waals surface area contributed by atoms with E-state index in [1.165, 1.54) is 0 Å². The number of Topliss-reactive ketones (excluding diaryl/α,β-unsaturated/α-hetero) is 2. The smallest absolute Gasteiger partial charge is 0.485 e. The van der Waals surface area contributed by atoms with Crippen LogP contribution in [-0.4, -0.2) is 58.5 Å². The van der Waals surface area contributed by atoms with Gasteiger partial charge in [-0.1, -0.05) is 135 Å². The molecule has 0 saturated carbocycles. The predicted octanol–water partition coefficient (Wildman–Crippen LogP) is 10.1. The molecule has 0 spiro atoms. The molecule has 0 amide bonds. The van der Waals surface area contributed by atoms with Crippen molar-refractivity contribution in [2.75, 3.05) is 0 Å². The van der Waals surface area contributed by atoms with Gasteiger partial charge in [0, 0.05) is 24.0 Å². The Kier molecular flexibility index (Phi) is 21.7. The number of carbonyl (C=O) groups excluding carboxylic acids is 2. The molecule has 4 rings (SSSR count). The Hall–Kier alpha value is -5.96. The maximum absolute atomic E-state index is 13.3. The van der Waals surface area contributed by atoms with Crippen LogP contribution in [0.5, 0.6) is 0 Å². The van der Waals surface area contributed by atoms with E-state index in [2.05, 4.69) is 138 Å². The molecule has 2 atom stereocenters. The van der Waals surface area contributed by atoms with Gasteiger partial charge in [-0.3, -0.25) is 19.6 Å². The molecule has 20 heteroatoms. The highest BCUT2D eigenvalue weighted by atomic mass is 32.2. The Morgan fingerprint density at radius 2 is 0.814 bits per heavy atom. The molecular weight excluding hydrogens is 963 g/mol. The summed E-state index contributed by atoms with van der Waals surface area (Å²) in [5.74, 6) is 0.334. The lowest BCUT2D eigenvalue weighted by molar-refractivity contribution is -0.711. The minimum atomic E-state index is -6.09. The number of ketones is 2. The lowest BCUT2D eigenvalue weighted by Gasteiger charge is -2.34. The largest absolute Gasteiger partial charge is 0.741 e. The molecule has 2 unspecified atom stereocenters. The van der Waals surface area contributed by atoms with Gasteiger partial charge in [0.05, 0.1) is 24.8 Å². The topological polar surface area (TPSA) is 182 Å². The van der Waals surface area contributed by atoms with Crippen molar-refractivity contribution in [2.24, 2.45) is 10.8 Å². The fourth-order valence-electron chi connectivity index (χ4n) is 7.18. The number of hydrogen-bond donors (Lipinski definition) is 0. The number of carbonyl (C=O) groups is 2. The lowest BCUT2D eigenvalue weighted by Crippen LogP contribution is -2.48. The zero-order valence-electron chi connectivity index (χ0n) is 40.4. The summed E-state index contributed by atoms with van der Waals surface area (Å²) in [6, 6.07) is -0.409. The first kappa shape index (κ1) is 60.2. The number of nitrogens with zero attached hydrogens (tertiary/aromatic N) is 4. The first-order valence-corrected chi connectivity index (χ1v) is 24.2. The maximum Gasteiger partial charge on any atom is 0.485 e. The van der Waals surface area contributed by atoms with Gasteiger partial charge in [-0.25, -0.2) is 16.8 Å². The standard InChI is InChI=1S/C48H58N4O2.2CHF3O3S/c1-35(17-13-19-37(3)21-23-41-39(5)45(53)43(33-47(41,7)8)51-29-25-49-26-30-51)15-11-12-16-36(2)18-14-20-38(4)22-24-42-40(6)46(54)44(34-48(42,9)10)52-31-27-50-28-32-52;2*2-1(3,4)8(5,6)7/h11-32,43-44H,33-34H2,1-10H3;2*(H,5,6,7)/q+2;;/p-2/b12-11+,17-13+,18-14+,23-21+,24-22+,35-15+,36-16+,37-19+,38-20+;;. The molecule has 2 aromatic heterocycles. The molecule has 0 saturated heterocycles. The normalized spacial score (nSPS) is 20.2. The van der Waals surface area contributed by atoms with Crippen LogP contribution in [-0.2, 0) is 29.8 Å². The molecule has 70 heavy (non-hydrogen) atoms. The molecule has 380 valence electrons. The Labute approximate surface area is 406 Å². The van der Waals surface area contributed by atoms with E-state index in [-0.39, 0.29) is 34.5 Å². The van der Waals surface area contributed by atoms with Crippen LogP contribution >= 0.6 is 0 Å². The summed E-state index contributed by atoms with van der Waals surface area (Å²) in [5, 5.41) is 0. The Bertz CT molecular complexity index is 2590. The quantitative estimate of drug-likeness (QED) is 0.0652. The van der Waals surface area contributed by atoms with Gasteiger partial charge in [0.2, 0.25) is 23.7 Å². The molecule has 0 bridgehead atoms. The molecule has 0 fully saturated rings. The highest BCUT2D eigenvalue weighted by molar-refractivity contribution is 7.86. The van der Waals surface area contributed by atoms with Crippen molar-refractivity contribution >= 4 is 31.8 Å².